The summed E-state index contributed by atoms with van der Waals surface area (Å²) in [5, 5.41) is 22.3. The highest BCUT2D eigenvalue weighted by Gasteiger charge is 2.06. The first-order valence-corrected chi connectivity index (χ1v) is 7.07. The second kappa shape index (κ2) is 6.39. The molecule has 112 valence electrons. The van der Waals surface area contributed by atoms with E-state index in [0.29, 0.717) is 17.2 Å². The molecule has 2 aromatic rings. The third-order valence-electron chi connectivity index (χ3n) is 3.41. The van der Waals surface area contributed by atoms with E-state index in [-0.39, 0.29) is 5.75 Å². The van der Waals surface area contributed by atoms with E-state index < -0.39 is 0 Å². The first kappa shape index (κ1) is 15.0. The molecule has 0 aliphatic rings. The van der Waals surface area contributed by atoms with Crippen LogP contribution in [0.4, 0.5) is 5.69 Å². The van der Waals surface area contributed by atoms with Gasteiger partial charge in [-0.3, -0.25) is 0 Å². The van der Waals surface area contributed by atoms with Gasteiger partial charge in [-0.25, -0.2) is 4.68 Å². The van der Waals surface area contributed by atoms with Crippen molar-refractivity contribution in [2.24, 2.45) is 5.10 Å². The standard InChI is InChI=1S/C15H21N5O/c1-5-19(6-2)14-8-7-13(15(21)9-14)10-16-20-11(3)17-18-12(20)4/h7-10,21H,5-6H2,1-4H3. The van der Waals surface area contributed by atoms with Crippen LogP contribution < -0.4 is 4.90 Å². The molecule has 0 saturated carbocycles. The molecule has 0 saturated heterocycles. The molecule has 0 bridgehead atoms. The maximum Gasteiger partial charge on any atom is 0.151 e. The molecular formula is C15H21N5O. The predicted octanol–water partition coefficient (Wildman–Crippen LogP) is 2.33. The van der Waals surface area contributed by atoms with Crippen LogP contribution in [0.2, 0.25) is 0 Å². The number of hydrogen-bond acceptors (Lipinski definition) is 5. The number of aromatic nitrogens is 3. The van der Waals surface area contributed by atoms with E-state index >= 15 is 0 Å². The summed E-state index contributed by atoms with van der Waals surface area (Å²) in [4.78, 5) is 2.18. The molecule has 1 aromatic heterocycles. The fourth-order valence-corrected chi connectivity index (χ4v) is 2.18. The number of benzene rings is 1. The minimum Gasteiger partial charge on any atom is -0.507 e. The van der Waals surface area contributed by atoms with Crippen molar-refractivity contribution < 1.29 is 5.11 Å². The summed E-state index contributed by atoms with van der Waals surface area (Å²) >= 11 is 0. The van der Waals surface area contributed by atoms with E-state index in [2.05, 4.69) is 34.0 Å². The van der Waals surface area contributed by atoms with Crippen molar-refractivity contribution in [3.05, 3.63) is 35.4 Å². The summed E-state index contributed by atoms with van der Waals surface area (Å²) in [7, 11) is 0. The third-order valence-corrected chi connectivity index (χ3v) is 3.41. The number of aromatic hydroxyl groups is 1. The second-order valence-electron chi connectivity index (χ2n) is 4.77. The van der Waals surface area contributed by atoms with Gasteiger partial charge in [-0.2, -0.15) is 5.10 Å². The molecule has 1 N–H and O–H groups in total. The molecule has 0 amide bonds. The van der Waals surface area contributed by atoms with Crippen LogP contribution in [0.15, 0.2) is 23.3 Å². The van der Waals surface area contributed by atoms with Crippen LogP contribution in [0.5, 0.6) is 5.75 Å². The van der Waals surface area contributed by atoms with E-state index in [0.717, 1.165) is 18.8 Å². The number of phenolic OH excluding ortho intramolecular Hbond substituents is 1. The minimum absolute atomic E-state index is 0.214. The van der Waals surface area contributed by atoms with Crippen LogP contribution in [0.1, 0.15) is 31.1 Å². The topological polar surface area (TPSA) is 66.5 Å². The lowest BCUT2D eigenvalue weighted by Crippen LogP contribution is -2.21. The first-order valence-electron chi connectivity index (χ1n) is 7.07. The van der Waals surface area contributed by atoms with Crippen LogP contribution >= 0.6 is 0 Å². The Morgan fingerprint density at radius 3 is 2.33 bits per heavy atom. The lowest BCUT2D eigenvalue weighted by Gasteiger charge is -2.21. The summed E-state index contributed by atoms with van der Waals surface area (Å²) in [6.45, 7) is 9.66. The predicted molar refractivity (Wildman–Crippen MR) is 84.2 cm³/mol. The Kier molecular flexibility index (Phi) is 4.57. The zero-order valence-electron chi connectivity index (χ0n) is 12.9. The highest BCUT2D eigenvalue weighted by atomic mass is 16.3. The Morgan fingerprint density at radius 2 is 1.81 bits per heavy atom. The maximum atomic E-state index is 10.1. The fraction of sp³-hybridized carbons (Fsp3) is 0.400. The number of phenols is 1. The SMILES string of the molecule is CCN(CC)c1ccc(C=Nn2c(C)nnc2C)c(O)c1. The smallest absolute Gasteiger partial charge is 0.151 e. The van der Waals surface area contributed by atoms with Gasteiger partial charge in [-0.05, 0) is 39.8 Å². The Hall–Kier alpha value is -2.37. The Bertz CT molecular complexity index is 624. The van der Waals surface area contributed by atoms with Crippen molar-refractivity contribution in [3.8, 4) is 5.75 Å². The molecular weight excluding hydrogens is 266 g/mol. The van der Waals surface area contributed by atoms with Crippen LogP contribution in [-0.4, -0.2) is 39.3 Å². The van der Waals surface area contributed by atoms with Gasteiger partial charge in [-0.1, -0.05) is 0 Å². The normalized spacial score (nSPS) is 11.2. The molecule has 6 nitrogen and oxygen atoms in total. The van der Waals surface area contributed by atoms with E-state index in [1.165, 1.54) is 0 Å². The van der Waals surface area contributed by atoms with Crippen LogP contribution in [-0.2, 0) is 0 Å². The summed E-state index contributed by atoms with van der Waals surface area (Å²) in [6.07, 6.45) is 1.62. The zero-order valence-corrected chi connectivity index (χ0v) is 12.9. The maximum absolute atomic E-state index is 10.1. The highest BCUT2D eigenvalue weighted by Crippen LogP contribution is 2.23. The number of aryl methyl sites for hydroxylation is 2. The molecule has 1 aromatic carbocycles. The Morgan fingerprint density at radius 1 is 1.19 bits per heavy atom. The lowest BCUT2D eigenvalue weighted by atomic mass is 10.2. The summed E-state index contributed by atoms with van der Waals surface area (Å²) in [5.74, 6) is 1.64. The number of anilines is 1. The summed E-state index contributed by atoms with van der Waals surface area (Å²) in [5.41, 5.74) is 1.67. The van der Waals surface area contributed by atoms with Gasteiger partial charge >= 0.3 is 0 Å². The van der Waals surface area contributed by atoms with E-state index in [9.17, 15) is 5.11 Å². The first-order chi connectivity index (χ1) is 10.1. The summed E-state index contributed by atoms with van der Waals surface area (Å²) < 4.78 is 1.64. The van der Waals surface area contributed by atoms with Gasteiger partial charge in [0.15, 0.2) is 11.6 Å². The molecule has 0 atom stereocenters. The van der Waals surface area contributed by atoms with Gasteiger partial charge in [0.1, 0.15) is 5.75 Å². The van der Waals surface area contributed by atoms with Crippen LogP contribution in [0.25, 0.3) is 0 Å². The number of nitrogens with zero attached hydrogens (tertiary/aromatic N) is 5. The monoisotopic (exact) mass is 287 g/mol. The number of hydrogen-bond donors (Lipinski definition) is 1. The van der Waals surface area contributed by atoms with Crippen molar-refractivity contribution >= 4 is 11.9 Å². The van der Waals surface area contributed by atoms with Gasteiger partial charge in [0, 0.05) is 30.4 Å². The van der Waals surface area contributed by atoms with Crippen molar-refractivity contribution in [3.63, 3.8) is 0 Å². The quantitative estimate of drug-likeness (QED) is 0.857. The Balaban J connectivity index is 2.26. The third kappa shape index (κ3) is 3.21. The zero-order chi connectivity index (χ0) is 15.4. The van der Waals surface area contributed by atoms with Gasteiger partial charge in [0.2, 0.25) is 0 Å². The van der Waals surface area contributed by atoms with Gasteiger partial charge < -0.3 is 10.0 Å². The molecule has 0 fully saturated rings. The average Bonchev–Trinajstić information content (AvgIpc) is 2.79. The van der Waals surface area contributed by atoms with Gasteiger partial charge in [0.25, 0.3) is 0 Å². The number of rotatable bonds is 5. The molecule has 0 unspecified atom stereocenters. The Labute approximate surface area is 124 Å². The molecule has 0 aliphatic heterocycles. The molecule has 0 aliphatic carbocycles. The van der Waals surface area contributed by atoms with Crippen LogP contribution in [0, 0.1) is 13.8 Å². The van der Waals surface area contributed by atoms with Crippen molar-refractivity contribution in [1.29, 1.82) is 0 Å². The van der Waals surface area contributed by atoms with Crippen molar-refractivity contribution in [2.75, 3.05) is 18.0 Å². The molecule has 6 heteroatoms. The van der Waals surface area contributed by atoms with Crippen molar-refractivity contribution in [1.82, 2.24) is 14.9 Å². The molecule has 2 rings (SSSR count). The van der Waals surface area contributed by atoms with E-state index in [1.54, 1.807) is 17.0 Å². The van der Waals surface area contributed by atoms with E-state index in [4.69, 9.17) is 0 Å². The van der Waals surface area contributed by atoms with Gasteiger partial charge in [-0.15, -0.1) is 10.2 Å². The highest BCUT2D eigenvalue weighted by molar-refractivity contribution is 5.84. The van der Waals surface area contributed by atoms with Crippen LogP contribution in [0.3, 0.4) is 0 Å². The average molecular weight is 287 g/mol. The fourth-order valence-electron chi connectivity index (χ4n) is 2.18. The minimum atomic E-state index is 0.214. The molecule has 0 radical (unpaired) electrons. The van der Waals surface area contributed by atoms with Gasteiger partial charge in [0.05, 0.1) is 6.21 Å². The molecule has 1 heterocycles. The lowest BCUT2D eigenvalue weighted by molar-refractivity contribution is 0.474. The largest absolute Gasteiger partial charge is 0.507 e. The van der Waals surface area contributed by atoms with E-state index in [1.807, 2.05) is 26.0 Å². The molecule has 21 heavy (non-hydrogen) atoms. The molecule has 0 spiro atoms. The summed E-state index contributed by atoms with van der Waals surface area (Å²) in [6, 6.07) is 5.61. The van der Waals surface area contributed by atoms with Crippen molar-refractivity contribution in [2.45, 2.75) is 27.7 Å². The second-order valence-corrected chi connectivity index (χ2v) is 4.77.